The van der Waals surface area contributed by atoms with Gasteiger partial charge in [0.1, 0.15) is 5.82 Å². The molecule has 1 fully saturated rings. The van der Waals surface area contributed by atoms with E-state index >= 15 is 0 Å². The summed E-state index contributed by atoms with van der Waals surface area (Å²) in [7, 11) is 0. The molecule has 0 spiro atoms. The summed E-state index contributed by atoms with van der Waals surface area (Å²) in [6.07, 6.45) is 7.02. The molecule has 1 saturated carbocycles. The maximum absolute atomic E-state index is 10.6. The first-order valence-electron chi connectivity index (χ1n) is 7.19. The zero-order chi connectivity index (χ0) is 13.7. The largest absolute Gasteiger partial charge is 0.390 e. The molecular weight excluding hydrogens is 240 g/mol. The molecule has 1 heterocycles. The van der Waals surface area contributed by atoms with E-state index in [4.69, 9.17) is 10.5 Å². The average molecular weight is 264 g/mol. The van der Waals surface area contributed by atoms with Gasteiger partial charge in [-0.1, -0.05) is 25.3 Å². The Morgan fingerprint density at radius 3 is 2.79 bits per heavy atom. The molecule has 1 unspecified atom stereocenters. The molecule has 0 aliphatic heterocycles. The SMILES string of the molecule is CCOC1(C(O)Cc2cccnc2N)CCCCC1. The highest BCUT2D eigenvalue weighted by molar-refractivity contribution is 5.39. The van der Waals surface area contributed by atoms with Gasteiger partial charge in [0.05, 0.1) is 11.7 Å². The van der Waals surface area contributed by atoms with Crippen molar-refractivity contribution in [3.05, 3.63) is 23.9 Å². The topological polar surface area (TPSA) is 68.4 Å². The Morgan fingerprint density at radius 1 is 1.42 bits per heavy atom. The number of hydrogen-bond donors (Lipinski definition) is 2. The predicted octanol–water partition coefficient (Wildman–Crippen LogP) is 2.31. The molecule has 0 saturated heterocycles. The first-order valence-corrected chi connectivity index (χ1v) is 7.19. The minimum atomic E-state index is -0.515. The normalized spacial score (nSPS) is 20.1. The third-order valence-electron chi connectivity index (χ3n) is 4.08. The molecule has 4 heteroatoms. The van der Waals surface area contributed by atoms with Crippen molar-refractivity contribution >= 4 is 5.82 Å². The zero-order valence-electron chi connectivity index (χ0n) is 11.6. The maximum Gasteiger partial charge on any atom is 0.126 e. The summed E-state index contributed by atoms with van der Waals surface area (Å²) in [4.78, 5) is 4.07. The average Bonchev–Trinajstić information content (AvgIpc) is 2.42. The lowest BCUT2D eigenvalue weighted by Gasteiger charge is -2.41. The Hall–Kier alpha value is -1.13. The van der Waals surface area contributed by atoms with Gasteiger partial charge < -0.3 is 15.6 Å². The number of pyridine rings is 1. The van der Waals surface area contributed by atoms with Crippen molar-refractivity contribution in [3.63, 3.8) is 0 Å². The molecule has 1 aliphatic carbocycles. The lowest BCUT2D eigenvalue weighted by Crippen LogP contribution is -2.47. The molecule has 4 nitrogen and oxygen atoms in total. The van der Waals surface area contributed by atoms with Crippen molar-refractivity contribution in [1.82, 2.24) is 4.98 Å². The van der Waals surface area contributed by atoms with Crippen LogP contribution in [-0.2, 0) is 11.2 Å². The number of nitrogens with two attached hydrogens (primary N) is 1. The van der Waals surface area contributed by atoms with Gasteiger partial charge in [0.25, 0.3) is 0 Å². The van der Waals surface area contributed by atoms with Crippen LogP contribution in [-0.4, -0.2) is 28.4 Å². The molecule has 1 aliphatic rings. The second kappa shape index (κ2) is 6.35. The van der Waals surface area contributed by atoms with E-state index in [-0.39, 0.29) is 0 Å². The van der Waals surface area contributed by atoms with E-state index in [1.54, 1.807) is 6.20 Å². The molecule has 1 aromatic heterocycles. The molecular formula is C15H24N2O2. The Bertz CT molecular complexity index is 397. The molecule has 1 aromatic rings. The molecule has 106 valence electrons. The summed E-state index contributed by atoms with van der Waals surface area (Å²) < 4.78 is 5.93. The van der Waals surface area contributed by atoms with Gasteiger partial charge in [0, 0.05) is 19.2 Å². The van der Waals surface area contributed by atoms with Crippen molar-refractivity contribution in [1.29, 1.82) is 0 Å². The quantitative estimate of drug-likeness (QED) is 0.856. The van der Waals surface area contributed by atoms with E-state index in [1.165, 1.54) is 6.42 Å². The standard InChI is InChI=1S/C15H24N2O2/c1-2-19-15(8-4-3-5-9-15)13(18)11-12-7-6-10-17-14(12)16/h6-7,10,13,18H,2-5,8-9,11H2,1H3,(H2,16,17). The summed E-state index contributed by atoms with van der Waals surface area (Å²) >= 11 is 0. The Balaban J connectivity index is 2.11. The van der Waals surface area contributed by atoms with Crippen LogP contribution in [0.25, 0.3) is 0 Å². The monoisotopic (exact) mass is 264 g/mol. The minimum Gasteiger partial charge on any atom is -0.390 e. The predicted molar refractivity (Wildman–Crippen MR) is 75.8 cm³/mol. The van der Waals surface area contributed by atoms with Gasteiger partial charge in [-0.15, -0.1) is 0 Å². The molecule has 0 radical (unpaired) electrons. The second-order valence-electron chi connectivity index (χ2n) is 5.33. The van der Waals surface area contributed by atoms with Crippen LogP contribution in [0.4, 0.5) is 5.82 Å². The Kier molecular flexibility index (Phi) is 4.77. The number of rotatable bonds is 5. The molecule has 0 amide bonds. The summed E-state index contributed by atoms with van der Waals surface area (Å²) in [5, 5.41) is 10.6. The fourth-order valence-electron chi connectivity index (χ4n) is 3.03. The van der Waals surface area contributed by atoms with Gasteiger partial charge in [-0.3, -0.25) is 0 Å². The van der Waals surface area contributed by atoms with Crippen LogP contribution in [0.5, 0.6) is 0 Å². The fourth-order valence-corrected chi connectivity index (χ4v) is 3.03. The second-order valence-corrected chi connectivity index (χ2v) is 5.33. The highest BCUT2D eigenvalue weighted by atomic mass is 16.5. The molecule has 19 heavy (non-hydrogen) atoms. The lowest BCUT2D eigenvalue weighted by molar-refractivity contribution is -0.138. The molecule has 0 aromatic carbocycles. The first-order chi connectivity index (χ1) is 9.18. The zero-order valence-corrected chi connectivity index (χ0v) is 11.6. The van der Waals surface area contributed by atoms with Crippen LogP contribution in [0.2, 0.25) is 0 Å². The van der Waals surface area contributed by atoms with Gasteiger partial charge in [-0.25, -0.2) is 4.98 Å². The van der Waals surface area contributed by atoms with Crippen molar-refractivity contribution < 1.29 is 9.84 Å². The van der Waals surface area contributed by atoms with Crippen LogP contribution in [0, 0.1) is 0 Å². The maximum atomic E-state index is 10.6. The van der Waals surface area contributed by atoms with Gasteiger partial charge in [0.2, 0.25) is 0 Å². The number of aromatic nitrogens is 1. The number of aliphatic hydroxyl groups excluding tert-OH is 1. The lowest BCUT2D eigenvalue weighted by atomic mass is 9.78. The summed E-state index contributed by atoms with van der Waals surface area (Å²) in [5.74, 6) is 0.504. The summed E-state index contributed by atoms with van der Waals surface area (Å²) in [6, 6.07) is 3.78. The number of aliphatic hydroxyl groups is 1. The number of anilines is 1. The summed E-state index contributed by atoms with van der Waals surface area (Å²) in [5.41, 5.74) is 6.36. The van der Waals surface area contributed by atoms with Crippen LogP contribution in [0.15, 0.2) is 18.3 Å². The van der Waals surface area contributed by atoms with E-state index in [1.807, 2.05) is 19.1 Å². The van der Waals surface area contributed by atoms with Gasteiger partial charge >= 0.3 is 0 Å². The van der Waals surface area contributed by atoms with Gasteiger partial charge in [-0.05, 0) is 31.4 Å². The number of hydrogen-bond acceptors (Lipinski definition) is 4. The Labute approximate surface area is 115 Å². The van der Waals surface area contributed by atoms with Crippen molar-refractivity contribution in [2.75, 3.05) is 12.3 Å². The van der Waals surface area contributed by atoms with Crippen LogP contribution >= 0.6 is 0 Å². The third kappa shape index (κ3) is 3.25. The van der Waals surface area contributed by atoms with Gasteiger partial charge in [0.15, 0.2) is 0 Å². The smallest absolute Gasteiger partial charge is 0.126 e. The van der Waals surface area contributed by atoms with Crippen molar-refractivity contribution in [2.45, 2.75) is 57.2 Å². The van der Waals surface area contributed by atoms with Gasteiger partial charge in [-0.2, -0.15) is 0 Å². The van der Waals surface area contributed by atoms with E-state index in [9.17, 15) is 5.11 Å². The minimum absolute atomic E-state index is 0.394. The number of nitrogen functional groups attached to an aromatic ring is 1. The van der Waals surface area contributed by atoms with Crippen molar-refractivity contribution in [3.8, 4) is 0 Å². The number of ether oxygens (including phenoxy) is 1. The van der Waals surface area contributed by atoms with E-state index < -0.39 is 11.7 Å². The molecule has 1 atom stereocenters. The fraction of sp³-hybridized carbons (Fsp3) is 0.667. The van der Waals surface area contributed by atoms with E-state index in [0.29, 0.717) is 18.8 Å². The Morgan fingerprint density at radius 2 is 2.16 bits per heavy atom. The molecule has 0 bridgehead atoms. The first kappa shape index (κ1) is 14.3. The van der Waals surface area contributed by atoms with Crippen molar-refractivity contribution in [2.24, 2.45) is 0 Å². The summed E-state index contributed by atoms with van der Waals surface area (Å²) in [6.45, 7) is 2.63. The van der Waals surface area contributed by atoms with Crippen LogP contribution in [0.1, 0.15) is 44.6 Å². The number of nitrogens with zero attached hydrogens (tertiary/aromatic N) is 1. The van der Waals surface area contributed by atoms with E-state index in [0.717, 1.165) is 31.2 Å². The van der Waals surface area contributed by atoms with Crippen LogP contribution in [0.3, 0.4) is 0 Å². The third-order valence-corrected chi connectivity index (χ3v) is 4.08. The highest BCUT2D eigenvalue weighted by Gasteiger charge is 2.39. The molecule has 3 N–H and O–H groups in total. The highest BCUT2D eigenvalue weighted by Crippen LogP contribution is 2.36. The van der Waals surface area contributed by atoms with Crippen LogP contribution < -0.4 is 5.73 Å². The van der Waals surface area contributed by atoms with E-state index in [2.05, 4.69) is 4.98 Å². The molecule has 2 rings (SSSR count).